The lowest BCUT2D eigenvalue weighted by Gasteiger charge is -2.27. The fourth-order valence-corrected chi connectivity index (χ4v) is 0.455. The molecule has 3 heteroatoms. The Hall–Kier alpha value is -0.570. The van der Waals surface area contributed by atoms with E-state index in [1.54, 1.807) is 0 Å². The summed E-state index contributed by atoms with van der Waals surface area (Å²) in [4.78, 5) is 9.83. The van der Waals surface area contributed by atoms with Gasteiger partial charge in [-0.1, -0.05) is 0 Å². The lowest BCUT2D eigenvalue weighted by molar-refractivity contribution is -0.312. The molecule has 0 atom stereocenters. The van der Waals surface area contributed by atoms with Crippen LogP contribution in [0.1, 0.15) is 0 Å². The van der Waals surface area contributed by atoms with Gasteiger partial charge in [0.25, 0.3) is 0 Å². The van der Waals surface area contributed by atoms with Crippen LogP contribution in [0.25, 0.3) is 0 Å². The van der Waals surface area contributed by atoms with Crippen LogP contribution in [0.3, 0.4) is 0 Å². The van der Waals surface area contributed by atoms with Gasteiger partial charge in [-0.3, -0.25) is 0 Å². The van der Waals surface area contributed by atoms with Crippen molar-refractivity contribution in [3.05, 3.63) is 0 Å². The molecule has 1 rings (SSSR count). The Labute approximate surface area is 41.3 Å². The minimum absolute atomic E-state index is 0.222. The Kier molecular flexibility index (Phi) is 0.982. The van der Waals surface area contributed by atoms with E-state index in [9.17, 15) is 9.90 Å². The van der Waals surface area contributed by atoms with E-state index in [0.717, 1.165) is 0 Å². The average Bonchev–Trinajstić information content (AvgIpc) is 1.23. The summed E-state index contributed by atoms with van der Waals surface area (Å²) in [5.41, 5.74) is 0. The van der Waals surface area contributed by atoms with Crippen LogP contribution < -0.4 is 10.4 Å². The summed E-state index contributed by atoms with van der Waals surface area (Å²) < 4.78 is 0. The summed E-state index contributed by atoms with van der Waals surface area (Å²) in [6.07, 6.45) is 0. The molecule has 0 aliphatic carbocycles. The van der Waals surface area contributed by atoms with Crippen molar-refractivity contribution in [2.24, 2.45) is 5.92 Å². The van der Waals surface area contributed by atoms with Gasteiger partial charge in [-0.2, -0.15) is 0 Å². The monoisotopic (exact) mass is 100 g/mol. The lowest BCUT2D eigenvalue weighted by atomic mass is 10.1. The molecule has 3 nitrogen and oxygen atoms in total. The molecule has 0 amide bonds. The third-order valence-electron chi connectivity index (χ3n) is 1.11. The minimum atomic E-state index is -0.932. The number of carbonyl (C=O) groups excluding carboxylic acids is 1. The number of hydrogen-bond donors (Lipinski definition) is 1. The van der Waals surface area contributed by atoms with E-state index in [0.29, 0.717) is 13.1 Å². The molecule has 0 spiro atoms. The van der Waals surface area contributed by atoms with Gasteiger partial charge in [-0.25, -0.2) is 0 Å². The highest BCUT2D eigenvalue weighted by atomic mass is 16.4. The quantitative estimate of drug-likeness (QED) is 0.413. The van der Waals surface area contributed by atoms with Crippen molar-refractivity contribution in [2.45, 2.75) is 0 Å². The minimum Gasteiger partial charge on any atom is -0.550 e. The standard InChI is InChI=1S/C4H7NO2/c6-4(7)3-1-5-2-3/h3,5H,1-2H2,(H,6,7)/p-1. The highest BCUT2D eigenvalue weighted by molar-refractivity contribution is 5.69. The van der Waals surface area contributed by atoms with Crippen molar-refractivity contribution in [3.63, 3.8) is 0 Å². The van der Waals surface area contributed by atoms with Gasteiger partial charge in [-0.05, 0) is 0 Å². The zero-order valence-electron chi connectivity index (χ0n) is 3.81. The fraction of sp³-hybridized carbons (Fsp3) is 0.750. The van der Waals surface area contributed by atoms with E-state index in [4.69, 9.17) is 0 Å². The van der Waals surface area contributed by atoms with Crippen molar-refractivity contribution in [1.29, 1.82) is 0 Å². The van der Waals surface area contributed by atoms with Gasteiger partial charge < -0.3 is 15.2 Å². The SMILES string of the molecule is O=C([O-])C1CNC1. The Bertz CT molecular complexity index is 87.7. The first-order valence-corrected chi connectivity index (χ1v) is 2.22. The molecule has 1 fully saturated rings. The molecule has 1 aliphatic heterocycles. The predicted octanol–water partition coefficient (Wildman–Crippen LogP) is -2.04. The zero-order valence-corrected chi connectivity index (χ0v) is 3.81. The van der Waals surface area contributed by atoms with Gasteiger partial charge in [0.05, 0.1) is 0 Å². The molecule has 0 aromatic carbocycles. The van der Waals surface area contributed by atoms with Crippen molar-refractivity contribution in [2.75, 3.05) is 13.1 Å². The Balaban J connectivity index is 2.27. The summed E-state index contributed by atoms with van der Waals surface area (Å²) in [5, 5.41) is 12.7. The van der Waals surface area contributed by atoms with Crippen LogP contribution in [-0.4, -0.2) is 19.1 Å². The summed E-state index contributed by atoms with van der Waals surface area (Å²) in [6.45, 7) is 1.17. The summed E-state index contributed by atoms with van der Waals surface area (Å²) in [5.74, 6) is -1.15. The van der Waals surface area contributed by atoms with E-state index in [1.165, 1.54) is 0 Å². The first-order valence-electron chi connectivity index (χ1n) is 2.22. The number of carboxylic acids is 1. The number of aliphatic carboxylic acids is 1. The third-order valence-corrected chi connectivity index (χ3v) is 1.11. The first-order chi connectivity index (χ1) is 3.30. The van der Waals surface area contributed by atoms with Gasteiger partial charge in [0.15, 0.2) is 0 Å². The average molecular weight is 100 g/mol. The van der Waals surface area contributed by atoms with Crippen molar-refractivity contribution < 1.29 is 9.90 Å². The van der Waals surface area contributed by atoms with Crippen LogP contribution in [-0.2, 0) is 4.79 Å². The van der Waals surface area contributed by atoms with E-state index >= 15 is 0 Å². The largest absolute Gasteiger partial charge is 0.550 e. The van der Waals surface area contributed by atoms with Gasteiger partial charge in [0.2, 0.25) is 0 Å². The number of carboxylic acid groups (broad SMARTS) is 1. The molecule has 0 saturated carbocycles. The van der Waals surface area contributed by atoms with E-state index in [2.05, 4.69) is 5.32 Å². The first kappa shape index (κ1) is 4.59. The molecule has 1 aliphatic rings. The molecule has 0 aromatic rings. The topological polar surface area (TPSA) is 52.2 Å². The molecule has 0 aromatic heterocycles. The molecule has 1 saturated heterocycles. The molecule has 0 radical (unpaired) electrons. The van der Waals surface area contributed by atoms with E-state index in [1.807, 2.05) is 0 Å². The maximum Gasteiger partial charge on any atom is 0.0470 e. The molecule has 0 unspecified atom stereocenters. The number of hydrogen-bond acceptors (Lipinski definition) is 3. The molecule has 1 heterocycles. The van der Waals surface area contributed by atoms with Crippen LogP contribution in [0.5, 0.6) is 0 Å². The van der Waals surface area contributed by atoms with E-state index in [-0.39, 0.29) is 5.92 Å². The second kappa shape index (κ2) is 1.50. The van der Waals surface area contributed by atoms with Gasteiger partial charge in [0, 0.05) is 25.0 Å². The molecule has 40 valence electrons. The third kappa shape index (κ3) is 0.718. The summed E-state index contributed by atoms with van der Waals surface area (Å²) >= 11 is 0. The van der Waals surface area contributed by atoms with Crippen LogP contribution in [0, 0.1) is 5.92 Å². The molecule has 7 heavy (non-hydrogen) atoms. The maximum atomic E-state index is 9.83. The van der Waals surface area contributed by atoms with Crippen LogP contribution in [0.15, 0.2) is 0 Å². The van der Waals surface area contributed by atoms with Crippen molar-refractivity contribution in [3.8, 4) is 0 Å². The Morgan fingerprint density at radius 1 is 1.71 bits per heavy atom. The molecule has 0 bridgehead atoms. The normalized spacial score (nSPS) is 21.1. The highest BCUT2D eigenvalue weighted by Crippen LogP contribution is 1.98. The summed E-state index contributed by atoms with van der Waals surface area (Å²) in [7, 11) is 0. The number of rotatable bonds is 1. The van der Waals surface area contributed by atoms with E-state index < -0.39 is 5.97 Å². The Morgan fingerprint density at radius 3 is 2.29 bits per heavy atom. The van der Waals surface area contributed by atoms with Gasteiger partial charge in [-0.15, -0.1) is 0 Å². The lowest BCUT2D eigenvalue weighted by Crippen LogP contribution is -2.51. The highest BCUT2D eigenvalue weighted by Gasteiger charge is 2.16. The molecular weight excluding hydrogens is 94.0 g/mol. The second-order valence-electron chi connectivity index (χ2n) is 1.67. The summed E-state index contributed by atoms with van der Waals surface area (Å²) in [6, 6.07) is 0. The fourth-order valence-electron chi connectivity index (χ4n) is 0.455. The molecular formula is C4H6NO2-. The van der Waals surface area contributed by atoms with Gasteiger partial charge in [0.1, 0.15) is 0 Å². The van der Waals surface area contributed by atoms with Crippen LogP contribution in [0.2, 0.25) is 0 Å². The predicted molar refractivity (Wildman–Crippen MR) is 21.4 cm³/mol. The second-order valence-corrected chi connectivity index (χ2v) is 1.67. The molecule has 1 N–H and O–H groups in total. The van der Waals surface area contributed by atoms with Crippen molar-refractivity contribution in [1.82, 2.24) is 5.32 Å². The smallest absolute Gasteiger partial charge is 0.0470 e. The van der Waals surface area contributed by atoms with Crippen LogP contribution in [0.4, 0.5) is 0 Å². The Morgan fingerprint density at radius 2 is 2.29 bits per heavy atom. The maximum absolute atomic E-state index is 9.83. The zero-order chi connectivity index (χ0) is 5.28. The van der Waals surface area contributed by atoms with Crippen LogP contribution >= 0.6 is 0 Å². The number of carbonyl (C=O) groups is 1. The number of nitrogens with one attached hydrogen (secondary N) is 1. The van der Waals surface area contributed by atoms with Crippen molar-refractivity contribution >= 4 is 5.97 Å². The van der Waals surface area contributed by atoms with Gasteiger partial charge >= 0.3 is 0 Å².